The molecule has 0 saturated heterocycles. The van der Waals surface area contributed by atoms with Crippen LogP contribution < -0.4 is 10.3 Å². The smallest absolute Gasteiger partial charge is 0.317 e. The molecule has 25 heavy (non-hydrogen) atoms. The van der Waals surface area contributed by atoms with Crippen molar-refractivity contribution in [2.75, 3.05) is 20.3 Å². The van der Waals surface area contributed by atoms with Crippen molar-refractivity contribution in [3.63, 3.8) is 0 Å². The Kier molecular flexibility index (Phi) is 5.32. The predicted octanol–water partition coefficient (Wildman–Crippen LogP) is 3.62. The summed E-state index contributed by atoms with van der Waals surface area (Å²) in [7, 11) is 1.48. The summed E-state index contributed by atoms with van der Waals surface area (Å²) in [6.45, 7) is -0.555. The molecule has 136 valence electrons. The Bertz CT molecular complexity index is 785. The Hall–Kier alpha value is -2.02. The molecule has 0 bridgehead atoms. The molecule has 0 unspecified atom stereocenters. The van der Waals surface area contributed by atoms with Crippen molar-refractivity contribution < 1.29 is 18.3 Å². The average Bonchev–Trinajstić information content (AvgIpc) is 3.11. The molecule has 0 aliphatic heterocycles. The number of methoxy groups -OCH3 is 1. The predicted molar refractivity (Wildman–Crippen MR) is 90.2 cm³/mol. The lowest BCUT2D eigenvalue weighted by Crippen LogP contribution is -2.31. The average molecular weight is 352 g/mol. The molecule has 5 nitrogen and oxygen atoms in total. The van der Waals surface area contributed by atoms with E-state index in [1.807, 2.05) is 0 Å². The van der Waals surface area contributed by atoms with Crippen molar-refractivity contribution in [2.45, 2.75) is 38.0 Å². The van der Waals surface area contributed by atoms with E-state index in [4.69, 9.17) is 9.47 Å². The third-order valence-electron chi connectivity index (χ3n) is 4.67. The van der Waals surface area contributed by atoms with Gasteiger partial charge in [-0.05, 0) is 24.5 Å². The highest BCUT2D eigenvalue weighted by molar-refractivity contribution is 5.75. The quantitative estimate of drug-likeness (QED) is 0.773. The van der Waals surface area contributed by atoms with Gasteiger partial charge in [-0.3, -0.25) is 4.79 Å². The molecule has 1 aliphatic carbocycles. The number of benzene rings is 1. The Morgan fingerprint density at radius 1 is 1.32 bits per heavy atom. The van der Waals surface area contributed by atoms with E-state index in [9.17, 15) is 13.6 Å². The number of H-pyrrole nitrogens is 1. The topological polar surface area (TPSA) is 64.2 Å². The lowest BCUT2D eigenvalue weighted by atomic mass is 10.1. The molecular weight excluding hydrogens is 330 g/mol. The molecule has 7 heteroatoms. The summed E-state index contributed by atoms with van der Waals surface area (Å²) in [5, 5.41) is 0. The standard InChI is InChI=1S/C18H22F2N2O3/c1-24-13-6-7-14-15(10-13)22-17(23)16(21-14)18(19,20)11-25-9-8-12-4-2-3-5-12/h6-7,10,12H,2-5,8-9,11H2,1H3,(H,22,23). The van der Waals surface area contributed by atoms with Crippen molar-refractivity contribution >= 4 is 11.0 Å². The van der Waals surface area contributed by atoms with Crippen molar-refractivity contribution in [2.24, 2.45) is 5.92 Å². The normalized spacial score (nSPS) is 15.8. The van der Waals surface area contributed by atoms with Crippen LogP contribution in [0, 0.1) is 5.92 Å². The maximum Gasteiger partial charge on any atom is 0.317 e. The Morgan fingerprint density at radius 3 is 2.80 bits per heavy atom. The zero-order chi connectivity index (χ0) is 17.9. The lowest BCUT2D eigenvalue weighted by molar-refractivity contribution is -0.0880. The van der Waals surface area contributed by atoms with Gasteiger partial charge in [0, 0.05) is 12.7 Å². The second-order valence-electron chi connectivity index (χ2n) is 6.49. The van der Waals surface area contributed by atoms with E-state index in [0.717, 1.165) is 19.3 Å². The number of alkyl halides is 2. The van der Waals surface area contributed by atoms with Crippen LogP contribution in [0.1, 0.15) is 37.8 Å². The molecule has 1 saturated carbocycles. The monoisotopic (exact) mass is 352 g/mol. The van der Waals surface area contributed by atoms with Crippen LogP contribution in [0.5, 0.6) is 5.75 Å². The van der Waals surface area contributed by atoms with Gasteiger partial charge in [-0.25, -0.2) is 4.98 Å². The highest BCUT2D eigenvalue weighted by Gasteiger charge is 2.37. The highest BCUT2D eigenvalue weighted by Crippen LogP contribution is 2.29. The van der Waals surface area contributed by atoms with Crippen molar-refractivity contribution in [1.82, 2.24) is 9.97 Å². The molecule has 1 aromatic carbocycles. The fourth-order valence-electron chi connectivity index (χ4n) is 3.26. The number of hydrogen-bond donors (Lipinski definition) is 1. The first-order valence-corrected chi connectivity index (χ1v) is 8.54. The molecular formula is C18H22F2N2O3. The van der Waals surface area contributed by atoms with E-state index in [1.165, 1.54) is 26.0 Å². The number of aromatic nitrogens is 2. The highest BCUT2D eigenvalue weighted by atomic mass is 19.3. The molecule has 0 radical (unpaired) electrons. The second kappa shape index (κ2) is 7.47. The van der Waals surface area contributed by atoms with Crippen LogP contribution in [0.25, 0.3) is 11.0 Å². The Labute approximate surface area is 144 Å². The van der Waals surface area contributed by atoms with E-state index >= 15 is 0 Å². The van der Waals surface area contributed by atoms with E-state index < -0.39 is 23.8 Å². The summed E-state index contributed by atoms with van der Waals surface area (Å²) in [6.07, 6.45) is 5.51. The first kappa shape index (κ1) is 17.8. The molecule has 1 fully saturated rings. The maximum atomic E-state index is 14.4. The lowest BCUT2D eigenvalue weighted by Gasteiger charge is -2.16. The number of ether oxygens (including phenoxy) is 2. The van der Waals surface area contributed by atoms with Gasteiger partial charge in [-0.2, -0.15) is 8.78 Å². The van der Waals surface area contributed by atoms with Crippen LogP contribution in [-0.4, -0.2) is 30.3 Å². The number of rotatable bonds is 7. The van der Waals surface area contributed by atoms with Gasteiger partial charge in [0.05, 0.1) is 18.1 Å². The molecule has 1 aliphatic rings. The van der Waals surface area contributed by atoms with E-state index in [0.29, 0.717) is 17.2 Å². The van der Waals surface area contributed by atoms with E-state index in [1.54, 1.807) is 12.1 Å². The van der Waals surface area contributed by atoms with Crippen molar-refractivity contribution in [3.8, 4) is 5.75 Å². The number of nitrogens with zero attached hydrogens (tertiary/aromatic N) is 1. The summed E-state index contributed by atoms with van der Waals surface area (Å²) in [5.41, 5.74) is -1.09. The fourth-order valence-corrected chi connectivity index (χ4v) is 3.26. The Balaban J connectivity index is 1.69. The third kappa shape index (κ3) is 4.15. The van der Waals surface area contributed by atoms with Crippen LogP contribution in [0.3, 0.4) is 0 Å². The maximum absolute atomic E-state index is 14.4. The number of fused-ring (bicyclic) bond motifs is 1. The van der Waals surface area contributed by atoms with E-state index in [2.05, 4.69) is 9.97 Å². The van der Waals surface area contributed by atoms with Crippen LogP contribution >= 0.6 is 0 Å². The summed E-state index contributed by atoms with van der Waals surface area (Å²) in [4.78, 5) is 18.3. The minimum Gasteiger partial charge on any atom is -0.497 e. The fraction of sp³-hybridized carbons (Fsp3) is 0.556. The van der Waals surface area contributed by atoms with Gasteiger partial charge >= 0.3 is 5.92 Å². The molecule has 1 heterocycles. The SMILES string of the molecule is COc1ccc2nc(C(F)(F)COCCC3CCCC3)c(=O)[nH]c2c1. The largest absolute Gasteiger partial charge is 0.497 e. The van der Waals surface area contributed by atoms with Gasteiger partial charge in [-0.1, -0.05) is 25.7 Å². The van der Waals surface area contributed by atoms with Gasteiger partial charge in [-0.15, -0.1) is 0 Å². The first-order valence-electron chi connectivity index (χ1n) is 8.54. The summed E-state index contributed by atoms with van der Waals surface area (Å²) in [5.74, 6) is -2.34. The summed E-state index contributed by atoms with van der Waals surface area (Å²) >= 11 is 0. The zero-order valence-corrected chi connectivity index (χ0v) is 14.2. The second-order valence-corrected chi connectivity index (χ2v) is 6.49. The number of halogens is 2. The third-order valence-corrected chi connectivity index (χ3v) is 4.67. The van der Waals surface area contributed by atoms with Crippen LogP contribution in [0.4, 0.5) is 8.78 Å². The van der Waals surface area contributed by atoms with Gasteiger partial charge in [0.1, 0.15) is 12.4 Å². The van der Waals surface area contributed by atoms with Crippen LogP contribution in [0.15, 0.2) is 23.0 Å². The molecule has 0 spiro atoms. The van der Waals surface area contributed by atoms with Crippen LogP contribution in [0.2, 0.25) is 0 Å². The van der Waals surface area contributed by atoms with Crippen LogP contribution in [-0.2, 0) is 10.7 Å². The number of nitrogens with one attached hydrogen (secondary N) is 1. The molecule has 3 rings (SSSR count). The summed E-state index contributed by atoms with van der Waals surface area (Å²) < 4.78 is 38.9. The van der Waals surface area contributed by atoms with Crippen molar-refractivity contribution in [3.05, 3.63) is 34.2 Å². The minimum absolute atomic E-state index is 0.279. The Morgan fingerprint density at radius 2 is 2.08 bits per heavy atom. The molecule has 2 aromatic rings. The molecule has 1 aromatic heterocycles. The van der Waals surface area contributed by atoms with Gasteiger partial charge in [0.2, 0.25) is 0 Å². The first-order chi connectivity index (χ1) is 12.0. The molecule has 0 atom stereocenters. The molecule has 1 N–H and O–H groups in total. The van der Waals surface area contributed by atoms with Crippen molar-refractivity contribution in [1.29, 1.82) is 0 Å². The van der Waals surface area contributed by atoms with Gasteiger partial charge in [0.15, 0.2) is 5.69 Å². The number of hydrogen-bond acceptors (Lipinski definition) is 4. The summed E-state index contributed by atoms with van der Waals surface area (Å²) in [6, 6.07) is 4.68. The molecule has 0 amide bonds. The minimum atomic E-state index is -3.43. The number of aromatic amines is 1. The van der Waals surface area contributed by atoms with Gasteiger partial charge in [0.25, 0.3) is 5.56 Å². The zero-order valence-electron chi connectivity index (χ0n) is 14.2. The van der Waals surface area contributed by atoms with E-state index in [-0.39, 0.29) is 12.1 Å². The van der Waals surface area contributed by atoms with Gasteiger partial charge < -0.3 is 14.5 Å².